The number of hydrogen-bond acceptors (Lipinski definition) is 13. The van der Waals surface area contributed by atoms with Crippen molar-refractivity contribution in [1.29, 1.82) is 0 Å². The molecule has 7 rings (SSSR count). The van der Waals surface area contributed by atoms with E-state index in [0.717, 1.165) is 47.0 Å². The number of unbranched alkanes of at least 4 members (excludes halogenated alkanes) is 2. The lowest BCUT2D eigenvalue weighted by molar-refractivity contribution is -0.658. The zero-order chi connectivity index (χ0) is 39.5. The van der Waals surface area contributed by atoms with E-state index in [0.29, 0.717) is 24.5 Å². The van der Waals surface area contributed by atoms with Crippen LogP contribution in [0.1, 0.15) is 58.9 Å². The molecule has 0 spiro atoms. The van der Waals surface area contributed by atoms with Crippen LogP contribution in [0.15, 0.2) is 116 Å². The summed E-state index contributed by atoms with van der Waals surface area (Å²) in [7, 11) is 1.94. The van der Waals surface area contributed by atoms with Gasteiger partial charge in [-0.2, -0.15) is 4.98 Å². The number of anilines is 1. The zero-order valence-electron chi connectivity index (χ0n) is 31.6. The van der Waals surface area contributed by atoms with Crippen LogP contribution < -0.4 is 30.7 Å². The molecule has 7 heterocycles. The first kappa shape index (κ1) is 37.4. The molecule has 17 heteroatoms. The molecule has 4 aromatic heterocycles. The van der Waals surface area contributed by atoms with Gasteiger partial charge >= 0.3 is 29.2 Å². The summed E-state index contributed by atoms with van der Waals surface area (Å²) < 4.78 is 14.0. The molecule has 0 atom stereocenters. The van der Waals surface area contributed by atoms with Crippen LogP contribution in [0.25, 0.3) is 0 Å². The molecule has 56 heavy (non-hydrogen) atoms. The number of H-pyrrole nitrogens is 2. The number of rotatable bonds is 13. The average Bonchev–Trinajstić information content (AvgIpc) is 3.56. The Morgan fingerprint density at radius 2 is 1.64 bits per heavy atom. The standard InChI is InChI=1S/C39H40N12O5/c1-38(2)26-20-24(55-36-40-15-10-16-41-36)22-50(5)31(26)44-28(38)12-9-13-29-39(3,4)27-21-25(56-37-42-17-11-18-43-37)23-51(32(27)45-29)19-8-6-7-14-30(52)46-33-47-34(53)49-35(54)48-33/h9-13,15-18,20-23H,6-8,14,19H2,1-5H3,(H2-,46,47,48,49,52,53,54)/p+1. The number of aliphatic imine (C=N–C) groups is 2. The fraction of sp³-hybridized carbons (Fsp3) is 0.308. The monoisotopic (exact) mass is 757 g/mol. The Bertz CT molecular complexity index is 2430. The van der Waals surface area contributed by atoms with Gasteiger partial charge in [-0.25, -0.2) is 39.1 Å². The third kappa shape index (κ3) is 8.11. The lowest BCUT2D eigenvalue weighted by Gasteiger charge is -2.30. The second-order valence-corrected chi connectivity index (χ2v) is 14.4. The van der Waals surface area contributed by atoms with Crippen molar-refractivity contribution in [3.63, 3.8) is 0 Å². The number of aryl methyl sites for hydroxylation is 1. The lowest BCUT2D eigenvalue weighted by Crippen LogP contribution is -2.33. The number of nitrogens with zero attached hydrogens (tertiary/aromatic N) is 9. The summed E-state index contributed by atoms with van der Waals surface area (Å²) in [6.45, 7) is 9.12. The molecule has 0 aromatic carbocycles. The largest absolute Gasteiger partial charge is 0.423 e. The number of amides is 1. The maximum absolute atomic E-state index is 12.4. The Balaban J connectivity index is 1.06. The minimum atomic E-state index is -0.838. The smallest absolute Gasteiger partial charge is 0.352 e. The number of hydrogen-bond donors (Lipinski definition) is 3. The third-order valence-corrected chi connectivity index (χ3v) is 9.58. The number of pyridine rings is 1. The molecule has 0 bridgehead atoms. The van der Waals surface area contributed by atoms with Gasteiger partial charge in [0.1, 0.15) is 17.8 Å². The van der Waals surface area contributed by atoms with Crippen LogP contribution in [0.4, 0.5) is 11.8 Å². The molecule has 0 radical (unpaired) electrons. The van der Waals surface area contributed by atoms with Crippen LogP contribution in [-0.2, 0) is 17.3 Å². The first-order valence-corrected chi connectivity index (χ1v) is 18.1. The van der Waals surface area contributed by atoms with Crippen LogP contribution in [0.3, 0.4) is 0 Å². The van der Waals surface area contributed by atoms with Crippen molar-refractivity contribution in [2.45, 2.75) is 58.8 Å². The van der Waals surface area contributed by atoms with E-state index in [4.69, 9.17) is 19.5 Å². The number of aromatic amines is 2. The van der Waals surface area contributed by atoms with Gasteiger partial charge in [0.25, 0.3) is 0 Å². The highest BCUT2D eigenvalue weighted by molar-refractivity contribution is 6.08. The van der Waals surface area contributed by atoms with Crippen molar-refractivity contribution in [3.8, 4) is 17.8 Å². The van der Waals surface area contributed by atoms with Crippen LogP contribution in [0.2, 0.25) is 0 Å². The van der Waals surface area contributed by atoms with Gasteiger partial charge in [-0.3, -0.25) is 20.1 Å². The SMILES string of the molecule is C[n+]1cc(Oc2ncccn2)cc2c1N=C(/C=C/C=C1\N=C3C(=CC(Oc4ncccn4)=CN3CCCCCC(=O)Nc3nc(=O)[nH]c(=O)[nH]3)C1(C)C)C2(C)C. The number of nitrogens with one attached hydrogen (secondary N) is 3. The summed E-state index contributed by atoms with van der Waals surface area (Å²) in [5, 5.41) is 2.46. The lowest BCUT2D eigenvalue weighted by atomic mass is 9.81. The van der Waals surface area contributed by atoms with E-state index in [2.05, 4.69) is 67.8 Å². The van der Waals surface area contributed by atoms with E-state index in [1.54, 1.807) is 36.9 Å². The fourth-order valence-electron chi connectivity index (χ4n) is 6.55. The van der Waals surface area contributed by atoms with Crippen LogP contribution in [0, 0.1) is 5.41 Å². The number of fused-ring (bicyclic) bond motifs is 2. The zero-order valence-corrected chi connectivity index (χ0v) is 31.6. The predicted octanol–water partition coefficient (Wildman–Crippen LogP) is 4.26. The second-order valence-electron chi connectivity index (χ2n) is 14.4. The molecule has 17 nitrogen and oxygen atoms in total. The molecular weight excluding hydrogens is 717 g/mol. The van der Waals surface area contributed by atoms with Crippen molar-refractivity contribution < 1.29 is 18.8 Å². The Morgan fingerprint density at radius 3 is 2.36 bits per heavy atom. The van der Waals surface area contributed by atoms with Gasteiger partial charge in [0, 0.05) is 54.9 Å². The molecule has 1 amide bonds. The van der Waals surface area contributed by atoms with Gasteiger partial charge in [-0.05, 0) is 68.1 Å². The number of carbonyl (C=O) groups excluding carboxylic acids is 1. The fourth-order valence-corrected chi connectivity index (χ4v) is 6.55. The van der Waals surface area contributed by atoms with E-state index in [9.17, 15) is 14.4 Å². The average molecular weight is 758 g/mol. The Hall–Kier alpha value is -6.91. The van der Waals surface area contributed by atoms with E-state index in [1.165, 1.54) is 0 Å². The molecule has 3 N–H and O–H groups in total. The van der Waals surface area contributed by atoms with Gasteiger partial charge < -0.3 is 14.4 Å². The van der Waals surface area contributed by atoms with Gasteiger partial charge in [0.15, 0.2) is 11.5 Å². The Labute approximate surface area is 321 Å². The van der Waals surface area contributed by atoms with E-state index >= 15 is 0 Å². The highest BCUT2D eigenvalue weighted by atomic mass is 16.5. The first-order chi connectivity index (χ1) is 26.9. The molecule has 0 aliphatic carbocycles. The molecule has 286 valence electrons. The molecule has 0 saturated carbocycles. The minimum absolute atomic E-state index is 0.185. The third-order valence-electron chi connectivity index (χ3n) is 9.58. The highest BCUT2D eigenvalue weighted by Crippen LogP contribution is 2.45. The van der Waals surface area contributed by atoms with Crippen LogP contribution in [-0.4, -0.2) is 63.8 Å². The molecular formula is C39H41N12O5+. The summed E-state index contributed by atoms with van der Waals surface area (Å²) in [5.41, 5.74) is 1.31. The maximum atomic E-state index is 12.4. The minimum Gasteiger partial charge on any atom is -0.423 e. The normalized spacial score (nSPS) is 17.2. The van der Waals surface area contributed by atoms with Crippen molar-refractivity contribution in [1.82, 2.24) is 39.8 Å². The molecule has 0 unspecified atom stereocenters. The summed E-state index contributed by atoms with van der Waals surface area (Å²) in [5.74, 6) is 2.31. The summed E-state index contributed by atoms with van der Waals surface area (Å²) in [6.07, 6.45) is 20.5. The summed E-state index contributed by atoms with van der Waals surface area (Å²) in [4.78, 5) is 72.2. The molecule has 3 aliphatic rings. The number of ether oxygens (including phenoxy) is 2. The first-order valence-electron chi connectivity index (χ1n) is 18.1. The predicted molar refractivity (Wildman–Crippen MR) is 206 cm³/mol. The van der Waals surface area contributed by atoms with Crippen molar-refractivity contribution >= 4 is 29.2 Å². The molecule has 4 aromatic rings. The number of amidine groups is 1. The molecule has 0 fully saturated rings. The Morgan fingerprint density at radius 1 is 0.929 bits per heavy atom. The Kier molecular flexibility index (Phi) is 10.3. The summed E-state index contributed by atoms with van der Waals surface area (Å²) >= 11 is 0. The van der Waals surface area contributed by atoms with Crippen molar-refractivity contribution in [2.75, 3.05) is 11.9 Å². The van der Waals surface area contributed by atoms with Crippen LogP contribution in [0.5, 0.6) is 17.8 Å². The molecule has 0 saturated heterocycles. The van der Waals surface area contributed by atoms with Crippen LogP contribution >= 0.6 is 0 Å². The number of carbonyl (C=O) groups is 1. The second kappa shape index (κ2) is 15.4. The van der Waals surface area contributed by atoms with E-state index in [1.807, 2.05) is 59.4 Å². The van der Waals surface area contributed by atoms with E-state index < -0.39 is 22.2 Å². The van der Waals surface area contributed by atoms with E-state index in [-0.39, 0.29) is 30.3 Å². The topological polar surface area (TPSA) is 210 Å². The quantitative estimate of drug-likeness (QED) is 0.130. The summed E-state index contributed by atoms with van der Waals surface area (Å²) in [6, 6.07) is 5.96. The van der Waals surface area contributed by atoms with Crippen molar-refractivity contribution in [2.24, 2.45) is 22.4 Å². The highest BCUT2D eigenvalue weighted by Gasteiger charge is 2.43. The molecule has 3 aliphatic heterocycles. The van der Waals surface area contributed by atoms with Crippen molar-refractivity contribution in [3.05, 3.63) is 123 Å². The van der Waals surface area contributed by atoms with Gasteiger partial charge in [0.05, 0.1) is 23.7 Å². The number of allylic oxidation sites excluding steroid dienone is 5. The van der Waals surface area contributed by atoms with Gasteiger partial charge in [0.2, 0.25) is 11.9 Å². The number of aromatic nitrogens is 8. The maximum Gasteiger partial charge on any atom is 0.352 e. The van der Waals surface area contributed by atoms with Gasteiger partial charge in [-0.15, -0.1) is 0 Å². The van der Waals surface area contributed by atoms with Gasteiger partial charge in [-0.1, -0.05) is 26.3 Å².